The summed E-state index contributed by atoms with van der Waals surface area (Å²) in [4.78, 5) is 20.0. The lowest BCUT2D eigenvalue weighted by molar-refractivity contribution is 0.0350. The number of benzene rings is 2. The second-order valence-electron chi connectivity index (χ2n) is 9.82. The number of rotatable bonds is 8. The zero-order chi connectivity index (χ0) is 25.0. The molecule has 0 bridgehead atoms. The zero-order valence-corrected chi connectivity index (χ0v) is 20.8. The van der Waals surface area contributed by atoms with Crippen molar-refractivity contribution in [2.24, 2.45) is 0 Å². The summed E-state index contributed by atoms with van der Waals surface area (Å²) in [7, 11) is 0. The molecule has 2 aromatic carbocycles. The van der Waals surface area contributed by atoms with Crippen LogP contribution < -0.4 is 10.6 Å². The number of carbonyl (C=O) groups is 1. The fourth-order valence-electron chi connectivity index (χ4n) is 4.45. The average molecular weight is 485 g/mol. The predicted molar refractivity (Wildman–Crippen MR) is 143 cm³/mol. The second kappa shape index (κ2) is 10.5. The largest absolute Gasteiger partial charge is 0.379 e. The molecule has 8 heteroatoms. The summed E-state index contributed by atoms with van der Waals surface area (Å²) >= 11 is 0. The maximum Gasteiger partial charge on any atom is 0.259 e. The van der Waals surface area contributed by atoms with Gasteiger partial charge in [0.2, 0.25) is 0 Å². The van der Waals surface area contributed by atoms with Crippen molar-refractivity contribution in [1.82, 2.24) is 20.1 Å². The fraction of sp³-hybridized carbons (Fsp3) is 0.321. The van der Waals surface area contributed by atoms with Crippen LogP contribution >= 0.6 is 0 Å². The van der Waals surface area contributed by atoms with Crippen LogP contribution in [0.5, 0.6) is 0 Å². The van der Waals surface area contributed by atoms with Crippen LogP contribution in [-0.2, 0) is 10.2 Å². The van der Waals surface area contributed by atoms with E-state index in [-0.39, 0.29) is 11.3 Å². The first kappa shape index (κ1) is 24.0. The van der Waals surface area contributed by atoms with Crippen molar-refractivity contribution < 1.29 is 9.53 Å². The third-order valence-electron chi connectivity index (χ3n) is 6.84. The number of nitrogens with one attached hydrogen (secondary N) is 3. The molecule has 0 radical (unpaired) electrons. The van der Waals surface area contributed by atoms with E-state index in [0.717, 1.165) is 61.5 Å². The summed E-state index contributed by atoms with van der Waals surface area (Å²) in [6, 6.07) is 17.5. The van der Waals surface area contributed by atoms with Crippen LogP contribution in [-0.4, -0.2) is 58.8 Å². The van der Waals surface area contributed by atoms with E-state index >= 15 is 0 Å². The van der Waals surface area contributed by atoms with Crippen LogP contribution in [0.15, 0.2) is 67.0 Å². The number of aromatic amines is 1. The summed E-state index contributed by atoms with van der Waals surface area (Å²) in [6.07, 6.45) is 4.50. The van der Waals surface area contributed by atoms with Crippen molar-refractivity contribution >= 4 is 34.0 Å². The Balaban J connectivity index is 1.24. The van der Waals surface area contributed by atoms with E-state index in [1.807, 2.05) is 30.3 Å². The Morgan fingerprint density at radius 3 is 2.67 bits per heavy atom. The van der Waals surface area contributed by atoms with E-state index in [9.17, 15) is 4.79 Å². The van der Waals surface area contributed by atoms with Gasteiger partial charge in [0.25, 0.3) is 5.91 Å². The number of pyridine rings is 1. The van der Waals surface area contributed by atoms with Gasteiger partial charge in [-0.3, -0.25) is 14.8 Å². The molecule has 3 N–H and O–H groups in total. The zero-order valence-electron chi connectivity index (χ0n) is 20.8. The van der Waals surface area contributed by atoms with Gasteiger partial charge in [0.15, 0.2) is 0 Å². The van der Waals surface area contributed by atoms with E-state index in [4.69, 9.17) is 4.74 Å². The smallest absolute Gasteiger partial charge is 0.259 e. The molecule has 4 aromatic rings. The molecule has 5 rings (SSSR count). The summed E-state index contributed by atoms with van der Waals surface area (Å²) in [5, 5.41) is 14.3. The topological polar surface area (TPSA) is 95.2 Å². The normalized spacial score (nSPS) is 14.6. The van der Waals surface area contributed by atoms with Crippen molar-refractivity contribution in [3.8, 4) is 0 Å². The highest BCUT2D eigenvalue weighted by Gasteiger charge is 2.23. The molecule has 186 valence electrons. The highest BCUT2D eigenvalue weighted by atomic mass is 16.5. The maximum absolute atomic E-state index is 13.1. The Morgan fingerprint density at radius 2 is 1.86 bits per heavy atom. The Labute approximate surface area is 211 Å². The van der Waals surface area contributed by atoms with Gasteiger partial charge in [-0.05, 0) is 66.4 Å². The first-order chi connectivity index (χ1) is 17.5. The van der Waals surface area contributed by atoms with E-state index in [1.54, 1.807) is 24.5 Å². The minimum atomic E-state index is -0.215. The quantitative estimate of drug-likeness (QED) is 0.327. The molecule has 1 saturated heterocycles. The molecule has 1 amide bonds. The molecular weight excluding hydrogens is 452 g/mol. The summed E-state index contributed by atoms with van der Waals surface area (Å²) in [6.45, 7) is 9.25. The molecule has 0 spiro atoms. The molecule has 3 heterocycles. The number of nitrogens with zero attached hydrogens (tertiary/aromatic N) is 3. The molecule has 1 fully saturated rings. The van der Waals surface area contributed by atoms with Crippen LogP contribution in [0, 0.1) is 0 Å². The first-order valence-electron chi connectivity index (χ1n) is 12.4. The molecule has 2 aromatic heterocycles. The van der Waals surface area contributed by atoms with Crippen LogP contribution in [0.25, 0.3) is 10.9 Å². The van der Waals surface area contributed by atoms with Gasteiger partial charge >= 0.3 is 0 Å². The van der Waals surface area contributed by atoms with Gasteiger partial charge in [-0.1, -0.05) is 26.0 Å². The van der Waals surface area contributed by atoms with Gasteiger partial charge in [-0.15, -0.1) is 0 Å². The summed E-state index contributed by atoms with van der Waals surface area (Å²) < 4.78 is 5.45. The lowest BCUT2D eigenvalue weighted by Gasteiger charge is -2.32. The number of hydrogen-bond acceptors (Lipinski definition) is 6. The Kier molecular flexibility index (Phi) is 6.97. The Hall–Kier alpha value is -3.75. The molecule has 36 heavy (non-hydrogen) atoms. The molecule has 8 nitrogen and oxygen atoms in total. The van der Waals surface area contributed by atoms with Crippen molar-refractivity contribution in [3.05, 3.63) is 78.1 Å². The van der Waals surface area contributed by atoms with Crippen LogP contribution in [0.3, 0.4) is 0 Å². The fourth-order valence-corrected chi connectivity index (χ4v) is 4.45. The number of fused-ring (bicyclic) bond motifs is 1. The number of H-pyrrole nitrogens is 1. The molecule has 1 aliphatic rings. The highest BCUT2D eigenvalue weighted by Crippen LogP contribution is 2.29. The summed E-state index contributed by atoms with van der Waals surface area (Å²) in [5.74, 6) is 0.280. The van der Waals surface area contributed by atoms with E-state index in [2.05, 4.69) is 56.7 Å². The average Bonchev–Trinajstić information content (AvgIpc) is 3.37. The van der Waals surface area contributed by atoms with Crippen molar-refractivity contribution in [2.75, 3.05) is 43.5 Å². The number of hydrogen-bond donors (Lipinski definition) is 3. The number of morpholine rings is 1. The summed E-state index contributed by atoms with van der Waals surface area (Å²) in [5.41, 5.74) is 4.25. The van der Waals surface area contributed by atoms with Crippen molar-refractivity contribution in [3.63, 3.8) is 0 Å². The number of aromatic nitrogens is 3. The van der Waals surface area contributed by atoms with Crippen LogP contribution in [0.1, 0.15) is 36.2 Å². The standard InChI is InChI=1S/C28H32N6O2/c1-28(2,11-13-34-14-16-36-17-15-34)21-6-9-22(10-7-21)32-27(35)24-4-3-12-29-26(24)31-23-8-5-20-19-30-33-25(20)18-23/h3-10,12,18-19H,11,13-17H2,1-2H3,(H,29,31)(H,30,33)(H,32,35). The molecular formula is C28H32N6O2. The maximum atomic E-state index is 13.1. The van der Waals surface area contributed by atoms with Gasteiger partial charge in [-0.25, -0.2) is 4.98 Å². The molecule has 0 unspecified atom stereocenters. The van der Waals surface area contributed by atoms with Crippen LogP contribution in [0.4, 0.5) is 17.2 Å². The predicted octanol–water partition coefficient (Wildman–Crippen LogP) is 4.95. The van der Waals surface area contributed by atoms with Crippen molar-refractivity contribution in [1.29, 1.82) is 0 Å². The number of carbonyl (C=O) groups excluding carboxylic acids is 1. The Morgan fingerprint density at radius 1 is 1.08 bits per heavy atom. The Bertz CT molecular complexity index is 1330. The lowest BCUT2D eigenvalue weighted by Crippen LogP contribution is -2.38. The van der Waals surface area contributed by atoms with Gasteiger partial charge in [0, 0.05) is 36.0 Å². The molecule has 0 saturated carbocycles. The molecule has 1 aliphatic heterocycles. The van der Waals surface area contributed by atoms with E-state index < -0.39 is 0 Å². The SMILES string of the molecule is CC(C)(CCN1CCOCC1)c1ccc(NC(=O)c2cccnc2Nc2ccc3cn[nH]c3c2)cc1. The number of amides is 1. The van der Waals surface area contributed by atoms with Gasteiger partial charge in [0.1, 0.15) is 5.82 Å². The number of anilines is 3. The minimum Gasteiger partial charge on any atom is -0.379 e. The third-order valence-corrected chi connectivity index (χ3v) is 6.84. The van der Waals surface area contributed by atoms with Gasteiger partial charge in [0.05, 0.1) is 30.5 Å². The van der Waals surface area contributed by atoms with Gasteiger partial charge < -0.3 is 15.4 Å². The monoisotopic (exact) mass is 484 g/mol. The number of ether oxygens (including phenoxy) is 1. The van der Waals surface area contributed by atoms with Crippen molar-refractivity contribution in [2.45, 2.75) is 25.7 Å². The highest BCUT2D eigenvalue weighted by molar-refractivity contribution is 6.07. The molecule has 0 aliphatic carbocycles. The van der Waals surface area contributed by atoms with Crippen LogP contribution in [0.2, 0.25) is 0 Å². The van der Waals surface area contributed by atoms with E-state index in [0.29, 0.717) is 11.4 Å². The lowest BCUT2D eigenvalue weighted by atomic mass is 9.81. The second-order valence-corrected chi connectivity index (χ2v) is 9.82. The van der Waals surface area contributed by atoms with Gasteiger partial charge in [-0.2, -0.15) is 5.10 Å². The first-order valence-corrected chi connectivity index (χ1v) is 12.4. The molecule has 0 atom stereocenters. The van der Waals surface area contributed by atoms with E-state index in [1.165, 1.54) is 5.56 Å². The third kappa shape index (κ3) is 5.56. The minimum absolute atomic E-state index is 0.0387.